The molecule has 1 aliphatic rings. The first kappa shape index (κ1) is 16.9. The summed E-state index contributed by atoms with van der Waals surface area (Å²) in [5.41, 5.74) is 2.23. The third kappa shape index (κ3) is 4.12. The van der Waals surface area contributed by atoms with Gasteiger partial charge >= 0.3 is 0 Å². The number of benzene rings is 1. The summed E-state index contributed by atoms with van der Waals surface area (Å²) in [7, 11) is 0. The number of carbonyl (C=O) groups is 1. The first-order valence-electron chi connectivity index (χ1n) is 8.21. The Bertz CT molecular complexity index is 757. The van der Waals surface area contributed by atoms with Gasteiger partial charge in [-0.25, -0.2) is 9.97 Å². The number of hydrogen-bond acceptors (Lipinski definition) is 4. The summed E-state index contributed by atoms with van der Waals surface area (Å²) < 4.78 is 0.853. The van der Waals surface area contributed by atoms with Crippen LogP contribution in [0.4, 0.5) is 11.5 Å². The average molecular weight is 389 g/mol. The Labute approximate surface area is 150 Å². The van der Waals surface area contributed by atoms with Gasteiger partial charge in [0.2, 0.25) is 0 Å². The van der Waals surface area contributed by atoms with Crippen LogP contribution < -0.4 is 10.6 Å². The summed E-state index contributed by atoms with van der Waals surface area (Å²) in [5, 5.41) is 6.32. The number of aryl methyl sites for hydroxylation is 2. The van der Waals surface area contributed by atoms with Gasteiger partial charge in [0.1, 0.15) is 17.3 Å². The highest BCUT2D eigenvalue weighted by Crippen LogP contribution is 2.25. The number of rotatable bonds is 4. The van der Waals surface area contributed by atoms with Crippen LogP contribution in [0.3, 0.4) is 0 Å². The van der Waals surface area contributed by atoms with Gasteiger partial charge in [-0.05, 0) is 60.3 Å². The molecule has 1 saturated carbocycles. The lowest BCUT2D eigenvalue weighted by Gasteiger charge is -2.14. The van der Waals surface area contributed by atoms with Gasteiger partial charge in [-0.2, -0.15) is 0 Å². The molecule has 1 aromatic carbocycles. The maximum atomic E-state index is 12.5. The van der Waals surface area contributed by atoms with Crippen molar-refractivity contribution in [1.82, 2.24) is 9.97 Å². The number of aromatic nitrogens is 2. The van der Waals surface area contributed by atoms with Crippen molar-refractivity contribution in [1.29, 1.82) is 0 Å². The number of halogens is 1. The Morgan fingerprint density at radius 2 is 1.92 bits per heavy atom. The standard InChI is InChI=1S/C18H21BrN4O/c1-11-7-8-15(14(19)9-11)23-18(24)16-10-17(21-12(2)20-16)22-13-5-3-4-6-13/h7-10,13H,3-6H2,1-2H3,(H,23,24)(H,20,21,22). The first-order chi connectivity index (χ1) is 11.5. The van der Waals surface area contributed by atoms with E-state index >= 15 is 0 Å². The van der Waals surface area contributed by atoms with Gasteiger partial charge in [0.25, 0.3) is 5.91 Å². The Morgan fingerprint density at radius 1 is 1.17 bits per heavy atom. The monoisotopic (exact) mass is 388 g/mol. The second-order valence-electron chi connectivity index (χ2n) is 6.25. The van der Waals surface area contributed by atoms with Crippen molar-refractivity contribution in [3.63, 3.8) is 0 Å². The quantitative estimate of drug-likeness (QED) is 0.810. The molecule has 0 radical (unpaired) electrons. The van der Waals surface area contributed by atoms with Gasteiger partial charge in [0, 0.05) is 16.6 Å². The van der Waals surface area contributed by atoms with E-state index < -0.39 is 0 Å². The zero-order valence-corrected chi connectivity index (χ0v) is 15.5. The van der Waals surface area contributed by atoms with E-state index in [0.29, 0.717) is 17.6 Å². The van der Waals surface area contributed by atoms with Crippen molar-refractivity contribution in [3.8, 4) is 0 Å². The van der Waals surface area contributed by atoms with Gasteiger partial charge in [-0.1, -0.05) is 18.9 Å². The lowest BCUT2D eigenvalue weighted by Crippen LogP contribution is -2.19. The van der Waals surface area contributed by atoms with Gasteiger partial charge in [0.15, 0.2) is 0 Å². The smallest absolute Gasteiger partial charge is 0.274 e. The summed E-state index contributed by atoms with van der Waals surface area (Å²) in [4.78, 5) is 21.2. The minimum Gasteiger partial charge on any atom is -0.367 e. The fourth-order valence-corrected chi connectivity index (χ4v) is 3.54. The van der Waals surface area contributed by atoms with Crippen LogP contribution in [0, 0.1) is 13.8 Å². The number of amides is 1. The lowest BCUT2D eigenvalue weighted by molar-refractivity contribution is 0.102. The van der Waals surface area contributed by atoms with Crippen LogP contribution in [-0.4, -0.2) is 21.9 Å². The molecule has 0 unspecified atom stereocenters. The van der Waals surface area contributed by atoms with Crippen molar-refractivity contribution < 1.29 is 4.79 Å². The van der Waals surface area contributed by atoms with Crippen molar-refractivity contribution in [3.05, 3.63) is 45.8 Å². The molecule has 0 aliphatic heterocycles. The SMILES string of the molecule is Cc1ccc(NC(=O)c2cc(NC3CCCC3)nc(C)n2)c(Br)c1. The molecule has 2 N–H and O–H groups in total. The summed E-state index contributed by atoms with van der Waals surface area (Å²) in [6.07, 6.45) is 4.80. The summed E-state index contributed by atoms with van der Waals surface area (Å²) in [6, 6.07) is 7.97. The molecule has 5 nitrogen and oxygen atoms in total. The second kappa shape index (κ2) is 7.30. The van der Waals surface area contributed by atoms with Crippen LogP contribution in [-0.2, 0) is 0 Å². The molecule has 1 fully saturated rings. The predicted octanol–water partition coefficient (Wildman–Crippen LogP) is 4.46. The summed E-state index contributed by atoms with van der Waals surface area (Å²) >= 11 is 3.48. The fraction of sp³-hybridized carbons (Fsp3) is 0.389. The number of anilines is 2. The zero-order valence-electron chi connectivity index (χ0n) is 13.9. The molecular weight excluding hydrogens is 368 g/mol. The van der Waals surface area contributed by atoms with Crippen LogP contribution >= 0.6 is 15.9 Å². The molecule has 1 aromatic heterocycles. The Balaban J connectivity index is 1.77. The topological polar surface area (TPSA) is 66.9 Å². The molecule has 1 aliphatic carbocycles. The van der Waals surface area contributed by atoms with E-state index in [1.54, 1.807) is 13.0 Å². The first-order valence-corrected chi connectivity index (χ1v) is 9.00. The van der Waals surface area contributed by atoms with Crippen LogP contribution in [0.1, 0.15) is 47.6 Å². The number of hydrogen-bond donors (Lipinski definition) is 2. The predicted molar refractivity (Wildman–Crippen MR) is 99.5 cm³/mol. The van der Waals surface area contributed by atoms with Crippen LogP contribution in [0.2, 0.25) is 0 Å². The Kier molecular flexibility index (Phi) is 5.14. The van der Waals surface area contributed by atoms with Crippen molar-refractivity contribution in [2.45, 2.75) is 45.6 Å². The van der Waals surface area contributed by atoms with Crippen LogP contribution in [0.25, 0.3) is 0 Å². The summed E-state index contributed by atoms with van der Waals surface area (Å²) in [5.74, 6) is 1.08. The van der Waals surface area contributed by atoms with Gasteiger partial charge in [0.05, 0.1) is 5.69 Å². The van der Waals surface area contributed by atoms with E-state index in [9.17, 15) is 4.79 Å². The van der Waals surface area contributed by atoms with Crippen molar-refractivity contribution >= 4 is 33.3 Å². The second-order valence-corrected chi connectivity index (χ2v) is 7.10. The minimum absolute atomic E-state index is 0.237. The summed E-state index contributed by atoms with van der Waals surface area (Å²) in [6.45, 7) is 3.81. The van der Waals surface area contributed by atoms with Crippen molar-refractivity contribution in [2.24, 2.45) is 0 Å². The minimum atomic E-state index is -0.237. The maximum Gasteiger partial charge on any atom is 0.274 e. The van der Waals surface area contributed by atoms with Gasteiger partial charge in [-0.15, -0.1) is 0 Å². The molecular formula is C18H21BrN4O. The van der Waals surface area contributed by atoms with E-state index in [0.717, 1.165) is 34.4 Å². The van der Waals surface area contributed by atoms with Crippen LogP contribution in [0.5, 0.6) is 0 Å². The third-order valence-corrected chi connectivity index (χ3v) is 4.81. The highest BCUT2D eigenvalue weighted by atomic mass is 79.9. The molecule has 24 heavy (non-hydrogen) atoms. The van der Waals surface area contributed by atoms with Gasteiger partial charge < -0.3 is 10.6 Å². The number of nitrogens with one attached hydrogen (secondary N) is 2. The highest BCUT2D eigenvalue weighted by molar-refractivity contribution is 9.10. The molecule has 1 heterocycles. The van der Waals surface area contributed by atoms with E-state index in [1.807, 2.05) is 25.1 Å². The number of carbonyl (C=O) groups excluding carboxylic acids is 1. The molecule has 2 aromatic rings. The molecule has 0 saturated heterocycles. The molecule has 6 heteroatoms. The van der Waals surface area contributed by atoms with Gasteiger partial charge in [-0.3, -0.25) is 4.79 Å². The largest absolute Gasteiger partial charge is 0.367 e. The lowest BCUT2D eigenvalue weighted by atomic mass is 10.2. The molecule has 0 atom stereocenters. The maximum absolute atomic E-state index is 12.5. The molecule has 1 amide bonds. The van der Waals surface area contributed by atoms with E-state index in [1.165, 1.54) is 12.8 Å². The normalized spacial score (nSPS) is 14.6. The third-order valence-electron chi connectivity index (χ3n) is 4.15. The fourth-order valence-electron chi connectivity index (χ4n) is 2.95. The number of nitrogens with zero attached hydrogens (tertiary/aromatic N) is 2. The Morgan fingerprint density at radius 3 is 2.62 bits per heavy atom. The highest BCUT2D eigenvalue weighted by Gasteiger charge is 2.17. The molecule has 0 spiro atoms. The van der Waals surface area contributed by atoms with Crippen LogP contribution in [0.15, 0.2) is 28.7 Å². The van der Waals surface area contributed by atoms with Crippen molar-refractivity contribution in [2.75, 3.05) is 10.6 Å². The molecule has 3 rings (SSSR count). The molecule has 0 bridgehead atoms. The van der Waals surface area contributed by atoms with E-state index in [-0.39, 0.29) is 5.91 Å². The zero-order chi connectivity index (χ0) is 17.1. The average Bonchev–Trinajstić information content (AvgIpc) is 3.02. The van der Waals surface area contributed by atoms with E-state index in [2.05, 4.69) is 36.5 Å². The Hall–Kier alpha value is -1.95. The van der Waals surface area contributed by atoms with E-state index in [4.69, 9.17) is 0 Å². The molecule has 126 valence electrons.